The zero-order chi connectivity index (χ0) is 18.4. The van der Waals surface area contributed by atoms with Crippen LogP contribution < -0.4 is 4.90 Å². The molecule has 138 valence electrons. The minimum absolute atomic E-state index is 0.0716. The molecule has 0 N–H and O–H groups in total. The maximum atomic E-state index is 13.2. The molecule has 2 heterocycles. The van der Waals surface area contributed by atoms with Crippen LogP contribution >= 0.6 is 0 Å². The summed E-state index contributed by atoms with van der Waals surface area (Å²) in [5.41, 5.74) is 1.88. The summed E-state index contributed by atoms with van der Waals surface area (Å²) in [6.07, 6.45) is 6.74. The van der Waals surface area contributed by atoms with Crippen LogP contribution in [0.2, 0.25) is 0 Å². The predicted octanol–water partition coefficient (Wildman–Crippen LogP) is 4.51. The second-order valence-corrected chi connectivity index (χ2v) is 7.32. The van der Waals surface area contributed by atoms with Crippen molar-refractivity contribution in [3.05, 3.63) is 59.8 Å². The second kappa shape index (κ2) is 8.84. The molecule has 1 amide bonds. The first-order valence-electron chi connectivity index (χ1n) is 9.71. The van der Waals surface area contributed by atoms with Gasteiger partial charge in [-0.15, -0.1) is 0 Å². The highest BCUT2D eigenvalue weighted by atomic mass is 16.2. The Hall–Kier alpha value is -2.36. The number of pyridine rings is 1. The van der Waals surface area contributed by atoms with E-state index in [0.717, 1.165) is 30.0 Å². The van der Waals surface area contributed by atoms with E-state index in [1.807, 2.05) is 35.2 Å². The summed E-state index contributed by atoms with van der Waals surface area (Å²) in [6.45, 7) is 6.82. The van der Waals surface area contributed by atoms with Gasteiger partial charge in [-0.25, -0.2) is 4.98 Å². The quantitative estimate of drug-likeness (QED) is 0.795. The minimum Gasteiger partial charge on any atom is -0.357 e. The van der Waals surface area contributed by atoms with Crippen LogP contribution in [0.15, 0.2) is 48.7 Å². The molecule has 0 atom stereocenters. The van der Waals surface area contributed by atoms with Crippen molar-refractivity contribution in [3.8, 4) is 0 Å². The molecule has 1 aromatic heterocycles. The van der Waals surface area contributed by atoms with E-state index in [4.69, 9.17) is 0 Å². The van der Waals surface area contributed by atoms with Gasteiger partial charge in [0, 0.05) is 37.4 Å². The van der Waals surface area contributed by atoms with Crippen LogP contribution in [0.4, 0.5) is 5.82 Å². The van der Waals surface area contributed by atoms with Crippen LogP contribution in [-0.2, 0) is 6.54 Å². The van der Waals surface area contributed by atoms with Gasteiger partial charge >= 0.3 is 0 Å². The fourth-order valence-corrected chi connectivity index (χ4v) is 3.46. The van der Waals surface area contributed by atoms with Crippen molar-refractivity contribution in [2.45, 2.75) is 52.1 Å². The van der Waals surface area contributed by atoms with Crippen molar-refractivity contribution in [1.29, 1.82) is 0 Å². The van der Waals surface area contributed by atoms with E-state index in [0.29, 0.717) is 6.54 Å². The van der Waals surface area contributed by atoms with Crippen molar-refractivity contribution in [1.82, 2.24) is 9.88 Å². The zero-order valence-electron chi connectivity index (χ0n) is 15.9. The standard InChI is InChI=1S/C22H29N3O/c1-18(2)25(17-19-10-6-5-7-11-19)22(26)20-12-13-23-21(16-20)24-14-8-3-4-9-15-24/h5-7,10-13,16,18H,3-4,8-9,14-15,17H2,1-2H3. The molecule has 3 rings (SSSR count). The fourth-order valence-electron chi connectivity index (χ4n) is 3.46. The summed E-state index contributed by atoms with van der Waals surface area (Å²) in [5, 5.41) is 0. The summed E-state index contributed by atoms with van der Waals surface area (Å²) in [5.74, 6) is 1.00. The van der Waals surface area contributed by atoms with Gasteiger partial charge in [-0.1, -0.05) is 43.2 Å². The third-order valence-electron chi connectivity index (χ3n) is 5.00. The molecule has 1 aliphatic heterocycles. The summed E-state index contributed by atoms with van der Waals surface area (Å²) in [4.78, 5) is 22.0. The van der Waals surface area contributed by atoms with E-state index in [1.165, 1.54) is 25.7 Å². The molecular weight excluding hydrogens is 322 g/mol. The summed E-state index contributed by atoms with van der Waals surface area (Å²) >= 11 is 0. The Labute approximate surface area is 156 Å². The van der Waals surface area contributed by atoms with Gasteiger partial charge in [0.15, 0.2) is 0 Å². The smallest absolute Gasteiger partial charge is 0.254 e. The molecule has 0 bridgehead atoms. The third-order valence-corrected chi connectivity index (χ3v) is 5.00. The first-order chi connectivity index (χ1) is 12.6. The molecule has 0 saturated carbocycles. The molecule has 1 saturated heterocycles. The van der Waals surface area contributed by atoms with Crippen LogP contribution in [0.25, 0.3) is 0 Å². The van der Waals surface area contributed by atoms with Gasteiger partial charge in [-0.05, 0) is 44.4 Å². The number of hydrogen-bond acceptors (Lipinski definition) is 3. The molecule has 1 fully saturated rings. The molecule has 0 aliphatic carbocycles. The van der Waals surface area contributed by atoms with Crippen LogP contribution in [0.1, 0.15) is 55.5 Å². The first-order valence-corrected chi connectivity index (χ1v) is 9.71. The van der Waals surface area contributed by atoms with E-state index in [2.05, 4.69) is 35.9 Å². The van der Waals surface area contributed by atoms with E-state index < -0.39 is 0 Å². The molecule has 4 heteroatoms. The topological polar surface area (TPSA) is 36.4 Å². The molecule has 1 aromatic carbocycles. The average molecular weight is 351 g/mol. The van der Waals surface area contributed by atoms with E-state index in [-0.39, 0.29) is 11.9 Å². The summed E-state index contributed by atoms with van der Waals surface area (Å²) in [7, 11) is 0. The number of carbonyl (C=O) groups excluding carboxylic acids is 1. The van der Waals surface area contributed by atoms with Crippen molar-refractivity contribution in [3.63, 3.8) is 0 Å². The van der Waals surface area contributed by atoms with Gasteiger partial charge in [0.25, 0.3) is 5.91 Å². The van der Waals surface area contributed by atoms with Gasteiger partial charge in [0.1, 0.15) is 5.82 Å². The molecule has 0 spiro atoms. The van der Waals surface area contributed by atoms with E-state index in [1.54, 1.807) is 6.20 Å². The molecule has 0 radical (unpaired) electrons. The Morgan fingerprint density at radius 1 is 1.08 bits per heavy atom. The Bertz CT molecular complexity index is 706. The molecule has 2 aromatic rings. The Balaban J connectivity index is 1.79. The minimum atomic E-state index is 0.0716. The number of benzene rings is 1. The van der Waals surface area contributed by atoms with Gasteiger partial charge in [-0.2, -0.15) is 0 Å². The summed E-state index contributed by atoms with van der Waals surface area (Å²) < 4.78 is 0. The normalized spacial score (nSPS) is 15.0. The number of anilines is 1. The molecule has 0 unspecified atom stereocenters. The predicted molar refractivity (Wildman–Crippen MR) is 106 cm³/mol. The number of aromatic nitrogens is 1. The fraction of sp³-hybridized carbons (Fsp3) is 0.455. The van der Waals surface area contributed by atoms with Gasteiger partial charge in [0.05, 0.1) is 0 Å². The largest absolute Gasteiger partial charge is 0.357 e. The van der Waals surface area contributed by atoms with E-state index in [9.17, 15) is 4.79 Å². The second-order valence-electron chi connectivity index (χ2n) is 7.32. The lowest BCUT2D eigenvalue weighted by atomic mass is 10.1. The highest BCUT2D eigenvalue weighted by Crippen LogP contribution is 2.20. The maximum Gasteiger partial charge on any atom is 0.254 e. The first kappa shape index (κ1) is 18.4. The Morgan fingerprint density at radius 2 is 1.77 bits per heavy atom. The molecule has 1 aliphatic rings. The van der Waals surface area contributed by atoms with Gasteiger partial charge in [-0.3, -0.25) is 4.79 Å². The van der Waals surface area contributed by atoms with Gasteiger partial charge < -0.3 is 9.80 Å². The van der Waals surface area contributed by atoms with Crippen molar-refractivity contribution >= 4 is 11.7 Å². The number of amides is 1. The monoisotopic (exact) mass is 351 g/mol. The number of rotatable bonds is 5. The lowest BCUT2D eigenvalue weighted by Crippen LogP contribution is -2.36. The van der Waals surface area contributed by atoms with Crippen LogP contribution in [0.5, 0.6) is 0 Å². The molecule has 4 nitrogen and oxygen atoms in total. The highest BCUT2D eigenvalue weighted by Gasteiger charge is 2.20. The van der Waals surface area contributed by atoms with Crippen LogP contribution in [-0.4, -0.2) is 34.9 Å². The Kier molecular flexibility index (Phi) is 6.26. The van der Waals surface area contributed by atoms with E-state index >= 15 is 0 Å². The molecule has 26 heavy (non-hydrogen) atoms. The maximum absolute atomic E-state index is 13.2. The van der Waals surface area contributed by atoms with Crippen LogP contribution in [0.3, 0.4) is 0 Å². The lowest BCUT2D eigenvalue weighted by Gasteiger charge is -2.28. The average Bonchev–Trinajstić information content (AvgIpc) is 2.96. The van der Waals surface area contributed by atoms with Crippen LogP contribution in [0, 0.1) is 0 Å². The van der Waals surface area contributed by atoms with Crippen molar-refractivity contribution in [2.75, 3.05) is 18.0 Å². The third kappa shape index (κ3) is 4.63. The molecular formula is C22H29N3O. The van der Waals surface area contributed by atoms with Gasteiger partial charge in [0.2, 0.25) is 0 Å². The zero-order valence-corrected chi connectivity index (χ0v) is 15.9. The Morgan fingerprint density at radius 3 is 2.42 bits per heavy atom. The SMILES string of the molecule is CC(C)N(Cc1ccccc1)C(=O)c1ccnc(N2CCCCCC2)c1. The lowest BCUT2D eigenvalue weighted by molar-refractivity contribution is 0.0690. The summed E-state index contributed by atoms with van der Waals surface area (Å²) in [6, 6.07) is 14.1. The van der Waals surface area contributed by atoms with Crippen molar-refractivity contribution < 1.29 is 4.79 Å². The van der Waals surface area contributed by atoms with Crippen molar-refractivity contribution in [2.24, 2.45) is 0 Å². The number of hydrogen-bond donors (Lipinski definition) is 0. The number of nitrogens with zero attached hydrogens (tertiary/aromatic N) is 3. The number of carbonyl (C=O) groups is 1. The highest BCUT2D eigenvalue weighted by molar-refractivity contribution is 5.95.